The van der Waals surface area contributed by atoms with E-state index >= 15 is 0 Å². The minimum atomic E-state index is -0.573. The summed E-state index contributed by atoms with van der Waals surface area (Å²) in [6.45, 7) is 5.09. The Hall–Kier alpha value is -2.05. The van der Waals surface area contributed by atoms with Crippen LogP contribution >= 0.6 is 11.6 Å². The van der Waals surface area contributed by atoms with E-state index in [1.165, 1.54) is 0 Å². The van der Waals surface area contributed by atoms with Crippen LogP contribution < -0.4 is 9.80 Å². The Morgan fingerprint density at radius 1 is 1.21 bits per heavy atom. The first-order valence-electron chi connectivity index (χ1n) is 7.98. The van der Waals surface area contributed by atoms with Crippen LogP contribution in [0.15, 0.2) is 34.9 Å². The predicted octanol–water partition coefficient (Wildman–Crippen LogP) is 2.51. The van der Waals surface area contributed by atoms with Crippen LogP contribution in [0.25, 0.3) is 0 Å². The van der Waals surface area contributed by atoms with Crippen molar-refractivity contribution in [1.29, 1.82) is 0 Å². The van der Waals surface area contributed by atoms with Crippen LogP contribution in [0.3, 0.4) is 0 Å². The van der Waals surface area contributed by atoms with Crippen molar-refractivity contribution < 1.29 is 14.1 Å². The number of hydrogen-bond donors (Lipinski definition) is 0. The van der Waals surface area contributed by atoms with Gasteiger partial charge < -0.3 is 14.2 Å². The van der Waals surface area contributed by atoms with Gasteiger partial charge in [0, 0.05) is 24.8 Å². The Labute approximate surface area is 144 Å². The first-order chi connectivity index (χ1) is 11.6. The number of halogens is 1. The molecule has 1 amide bonds. The molecular formula is C17H18ClN3O3. The third-order valence-electron chi connectivity index (χ3n) is 4.50. The Bertz CT molecular complexity index is 740. The van der Waals surface area contributed by atoms with Gasteiger partial charge >= 0.3 is 0 Å². The molecule has 3 heterocycles. The minimum Gasteiger partial charge on any atom is -0.378 e. The fourth-order valence-corrected chi connectivity index (χ4v) is 3.56. The molecule has 0 spiro atoms. The molecule has 126 valence electrons. The molecule has 2 aliphatic rings. The quantitative estimate of drug-likeness (QED) is 0.630. The molecule has 24 heavy (non-hydrogen) atoms. The molecule has 0 bridgehead atoms. The maximum atomic E-state index is 12.2. The fourth-order valence-electron chi connectivity index (χ4n) is 3.20. The summed E-state index contributed by atoms with van der Waals surface area (Å²) in [7, 11) is 0. The van der Waals surface area contributed by atoms with Gasteiger partial charge in [-0.2, -0.15) is 0 Å². The van der Waals surface area contributed by atoms with E-state index in [1.54, 1.807) is 17.9 Å². The number of nitrogens with zero attached hydrogens (tertiary/aromatic N) is 3. The smallest absolute Gasteiger partial charge is 0.249 e. The Morgan fingerprint density at radius 2 is 1.92 bits per heavy atom. The van der Waals surface area contributed by atoms with Gasteiger partial charge in [0.1, 0.15) is 11.1 Å². The Morgan fingerprint density at radius 3 is 2.54 bits per heavy atom. The number of rotatable bonds is 3. The molecule has 2 unspecified atom stereocenters. The average Bonchev–Trinajstić information content (AvgIpc) is 3.05. The SMILES string of the molecule is Cc1cc(N2C(=O)C(Cl)C2c2ccc(N3CCOCC3)cc2)no1. The lowest BCUT2D eigenvalue weighted by Crippen LogP contribution is -2.56. The molecule has 4 rings (SSSR count). The third kappa shape index (κ3) is 2.56. The van der Waals surface area contributed by atoms with E-state index in [4.69, 9.17) is 20.9 Å². The molecule has 0 saturated carbocycles. The zero-order valence-electron chi connectivity index (χ0n) is 13.3. The summed E-state index contributed by atoms with van der Waals surface area (Å²) in [6, 6.07) is 9.71. The lowest BCUT2D eigenvalue weighted by Gasteiger charge is -2.42. The number of carbonyl (C=O) groups excluding carboxylic acids is 1. The van der Waals surface area contributed by atoms with Gasteiger partial charge in [-0.15, -0.1) is 11.6 Å². The lowest BCUT2D eigenvalue weighted by molar-refractivity contribution is -0.123. The highest BCUT2D eigenvalue weighted by Crippen LogP contribution is 2.42. The molecule has 7 heteroatoms. The average molecular weight is 348 g/mol. The van der Waals surface area contributed by atoms with E-state index in [-0.39, 0.29) is 11.9 Å². The number of anilines is 2. The molecule has 1 aromatic carbocycles. The second-order valence-electron chi connectivity index (χ2n) is 6.04. The number of benzene rings is 1. The number of aromatic nitrogens is 1. The summed E-state index contributed by atoms with van der Waals surface area (Å²) in [5, 5.41) is 3.37. The molecule has 0 N–H and O–H groups in total. The van der Waals surface area contributed by atoms with Crippen molar-refractivity contribution in [2.45, 2.75) is 18.3 Å². The molecule has 0 radical (unpaired) electrons. The lowest BCUT2D eigenvalue weighted by atomic mass is 9.93. The topological polar surface area (TPSA) is 58.8 Å². The number of hydrogen-bond acceptors (Lipinski definition) is 5. The summed E-state index contributed by atoms with van der Waals surface area (Å²) >= 11 is 6.26. The van der Waals surface area contributed by atoms with E-state index in [1.807, 2.05) is 12.1 Å². The summed E-state index contributed by atoms with van der Waals surface area (Å²) in [5.74, 6) is 1.03. The molecule has 6 nitrogen and oxygen atoms in total. The highest BCUT2D eigenvalue weighted by molar-refractivity contribution is 6.37. The molecular weight excluding hydrogens is 330 g/mol. The van der Waals surface area contributed by atoms with Crippen molar-refractivity contribution in [2.24, 2.45) is 0 Å². The molecule has 2 fully saturated rings. The number of alkyl halides is 1. The van der Waals surface area contributed by atoms with E-state index in [0.717, 1.165) is 37.6 Å². The summed E-state index contributed by atoms with van der Waals surface area (Å²) in [5.41, 5.74) is 2.15. The Balaban J connectivity index is 1.56. The summed E-state index contributed by atoms with van der Waals surface area (Å²) in [4.78, 5) is 16.0. The number of carbonyl (C=O) groups is 1. The maximum Gasteiger partial charge on any atom is 0.249 e. The molecule has 0 aliphatic carbocycles. The molecule has 2 atom stereocenters. The zero-order valence-corrected chi connectivity index (χ0v) is 14.1. The van der Waals surface area contributed by atoms with Gasteiger partial charge in [0.15, 0.2) is 5.82 Å². The van der Waals surface area contributed by atoms with Crippen LogP contribution in [0.1, 0.15) is 17.4 Å². The van der Waals surface area contributed by atoms with Gasteiger partial charge in [-0.3, -0.25) is 9.69 Å². The molecule has 2 saturated heterocycles. The highest BCUT2D eigenvalue weighted by atomic mass is 35.5. The van der Waals surface area contributed by atoms with E-state index in [9.17, 15) is 4.79 Å². The van der Waals surface area contributed by atoms with Crippen LogP contribution in [-0.4, -0.2) is 42.7 Å². The van der Waals surface area contributed by atoms with Crippen LogP contribution in [-0.2, 0) is 9.53 Å². The largest absolute Gasteiger partial charge is 0.378 e. The van der Waals surface area contributed by atoms with Crippen LogP contribution in [0.2, 0.25) is 0 Å². The van der Waals surface area contributed by atoms with Crippen LogP contribution in [0, 0.1) is 6.92 Å². The van der Waals surface area contributed by atoms with Crippen LogP contribution in [0.5, 0.6) is 0 Å². The number of aryl methyl sites for hydroxylation is 1. The number of amides is 1. The van der Waals surface area contributed by atoms with Gasteiger partial charge in [0.25, 0.3) is 0 Å². The fraction of sp³-hybridized carbons (Fsp3) is 0.412. The van der Waals surface area contributed by atoms with Crippen molar-refractivity contribution in [3.63, 3.8) is 0 Å². The maximum absolute atomic E-state index is 12.2. The predicted molar refractivity (Wildman–Crippen MR) is 90.6 cm³/mol. The molecule has 1 aromatic heterocycles. The highest BCUT2D eigenvalue weighted by Gasteiger charge is 2.49. The monoisotopic (exact) mass is 347 g/mol. The van der Waals surface area contributed by atoms with Gasteiger partial charge in [-0.1, -0.05) is 17.3 Å². The van der Waals surface area contributed by atoms with Crippen LogP contribution in [0.4, 0.5) is 11.5 Å². The zero-order chi connectivity index (χ0) is 16.7. The third-order valence-corrected chi connectivity index (χ3v) is 4.93. The first-order valence-corrected chi connectivity index (χ1v) is 8.42. The normalized spacial score (nSPS) is 24.2. The number of β-lactam (4-membered cyclic amide) rings is 1. The molecule has 2 aliphatic heterocycles. The number of morpholine rings is 1. The van der Waals surface area contributed by atoms with E-state index in [2.05, 4.69) is 22.2 Å². The van der Waals surface area contributed by atoms with Crippen molar-refractivity contribution in [2.75, 3.05) is 36.1 Å². The van der Waals surface area contributed by atoms with Crippen molar-refractivity contribution in [3.8, 4) is 0 Å². The van der Waals surface area contributed by atoms with Crippen molar-refractivity contribution >= 4 is 29.0 Å². The summed E-state index contributed by atoms with van der Waals surface area (Å²) < 4.78 is 10.5. The summed E-state index contributed by atoms with van der Waals surface area (Å²) in [6.07, 6.45) is 0. The standard InChI is InChI=1S/C17H18ClN3O3/c1-11-10-14(19-24-11)21-16(15(18)17(21)22)12-2-4-13(5-3-12)20-6-8-23-9-7-20/h2-5,10,15-16H,6-9H2,1H3. The minimum absolute atomic E-state index is 0.146. The second-order valence-corrected chi connectivity index (χ2v) is 6.51. The van der Waals surface area contributed by atoms with Gasteiger partial charge in [0.05, 0.1) is 19.3 Å². The second kappa shape index (κ2) is 6.11. The van der Waals surface area contributed by atoms with E-state index in [0.29, 0.717) is 11.6 Å². The van der Waals surface area contributed by atoms with Gasteiger partial charge in [-0.05, 0) is 24.6 Å². The Kier molecular flexibility index (Phi) is 3.94. The first kappa shape index (κ1) is 15.5. The van der Waals surface area contributed by atoms with E-state index < -0.39 is 5.38 Å². The van der Waals surface area contributed by atoms with Crippen molar-refractivity contribution in [3.05, 3.63) is 41.7 Å². The number of ether oxygens (including phenoxy) is 1. The molecule has 2 aromatic rings. The van der Waals surface area contributed by atoms with Gasteiger partial charge in [0.2, 0.25) is 5.91 Å². The van der Waals surface area contributed by atoms with Crippen molar-refractivity contribution in [1.82, 2.24) is 5.16 Å². The van der Waals surface area contributed by atoms with Gasteiger partial charge in [-0.25, -0.2) is 0 Å².